The van der Waals surface area contributed by atoms with Gasteiger partial charge in [-0.3, -0.25) is 14.4 Å². The lowest BCUT2D eigenvalue weighted by Gasteiger charge is -2.30. The topological polar surface area (TPSA) is 187 Å². The highest BCUT2D eigenvalue weighted by Gasteiger charge is 2.52. The second kappa shape index (κ2) is 13.9. The molecule has 0 spiro atoms. The molecule has 254 valence electrons. The van der Waals surface area contributed by atoms with Gasteiger partial charge in [-0.2, -0.15) is 21.6 Å². The number of ether oxygens (including phenoxy) is 4. The summed E-state index contributed by atoms with van der Waals surface area (Å²) in [5, 5.41) is 2.24. The molecule has 0 unspecified atom stereocenters. The van der Waals surface area contributed by atoms with E-state index < -0.39 is 98.6 Å². The zero-order valence-electron chi connectivity index (χ0n) is 25.8. The number of allylic oxidation sites excluding steroid dienone is 4. The summed E-state index contributed by atoms with van der Waals surface area (Å²) in [5.74, 6) is -5.28. The Morgan fingerprint density at radius 2 is 1.80 bits per heavy atom. The minimum absolute atomic E-state index is 0.00529. The predicted molar refractivity (Wildman–Crippen MR) is 154 cm³/mol. The number of carbonyl (C=O) groups excluding carboxylic acids is 4. The molecule has 3 rings (SSSR count). The first-order valence-electron chi connectivity index (χ1n) is 13.8. The average Bonchev–Trinajstić information content (AvgIpc) is 3.29. The van der Waals surface area contributed by atoms with E-state index in [9.17, 15) is 40.8 Å². The van der Waals surface area contributed by atoms with E-state index in [1.807, 2.05) is 0 Å². The highest BCUT2D eigenvalue weighted by atomic mass is 32.2. The Morgan fingerprint density at radius 1 is 1.15 bits per heavy atom. The van der Waals surface area contributed by atoms with E-state index >= 15 is 0 Å². The molecule has 2 heterocycles. The summed E-state index contributed by atoms with van der Waals surface area (Å²) in [6, 6.07) is 0. The lowest BCUT2D eigenvalue weighted by molar-refractivity contribution is -0.121. The van der Waals surface area contributed by atoms with Crippen molar-refractivity contribution in [1.82, 2.24) is 5.32 Å². The Hall–Kier alpha value is -3.80. The Bertz CT molecular complexity index is 1540. The van der Waals surface area contributed by atoms with E-state index in [1.54, 1.807) is 19.9 Å². The van der Waals surface area contributed by atoms with Crippen LogP contribution >= 0.6 is 0 Å². The minimum atomic E-state index is -6.36. The van der Waals surface area contributed by atoms with E-state index in [4.69, 9.17) is 24.7 Å². The van der Waals surface area contributed by atoms with Crippen LogP contribution in [0.5, 0.6) is 0 Å². The molecule has 2 amide bonds. The second-order valence-corrected chi connectivity index (χ2v) is 12.8. The van der Waals surface area contributed by atoms with Crippen molar-refractivity contribution >= 4 is 33.7 Å². The zero-order chi connectivity index (χ0) is 34.8. The molecule has 46 heavy (non-hydrogen) atoms. The molecule has 2 aliphatic heterocycles. The number of nitrogens with two attached hydrogens (primary N) is 1. The average molecular weight is 677 g/mol. The van der Waals surface area contributed by atoms with Gasteiger partial charge in [-0.15, -0.1) is 0 Å². The van der Waals surface area contributed by atoms with Gasteiger partial charge in [0.15, 0.2) is 11.9 Å². The monoisotopic (exact) mass is 676 g/mol. The number of Topliss-reactive ketones (excluding diaryl/α,β-unsaturated/α-hetero) is 1. The first-order chi connectivity index (χ1) is 21.2. The van der Waals surface area contributed by atoms with Crippen LogP contribution in [-0.4, -0.2) is 81.7 Å². The van der Waals surface area contributed by atoms with E-state index in [-0.39, 0.29) is 12.0 Å². The summed E-state index contributed by atoms with van der Waals surface area (Å²) < 4.78 is 90.6. The van der Waals surface area contributed by atoms with Gasteiger partial charge in [-0.05, 0) is 26.3 Å². The SMILES string of the molecule is CO[C@H]1/C=C\C=C(/C)C(=O)NC2=CC(=O)C(OS(=O)(=O)C(F)(F)F)=C(C[C@@]3(C)C[C@H](OC)[C@H](O3)[C@@H](C)/C=C(\C)[C@@H]1OC(N)=O)C2=O. The molecular formula is C29H35F3N2O11S. The van der Waals surface area contributed by atoms with Crippen molar-refractivity contribution in [2.75, 3.05) is 14.2 Å². The van der Waals surface area contributed by atoms with Gasteiger partial charge in [0.25, 0.3) is 5.91 Å². The van der Waals surface area contributed by atoms with Crippen LogP contribution in [0.3, 0.4) is 0 Å². The molecule has 1 saturated heterocycles. The van der Waals surface area contributed by atoms with E-state index in [0.29, 0.717) is 11.6 Å². The number of rotatable bonds is 5. The van der Waals surface area contributed by atoms with Crippen LogP contribution in [0, 0.1) is 5.92 Å². The van der Waals surface area contributed by atoms with Crippen LogP contribution in [0.1, 0.15) is 40.5 Å². The highest BCUT2D eigenvalue weighted by Crippen LogP contribution is 2.42. The number of fused-ring (bicyclic) bond motifs is 4. The number of hydrogen-bond acceptors (Lipinski definition) is 11. The van der Waals surface area contributed by atoms with E-state index in [2.05, 4.69) is 9.50 Å². The number of nitrogens with one attached hydrogen (secondary N) is 1. The van der Waals surface area contributed by atoms with Gasteiger partial charge < -0.3 is 34.2 Å². The number of primary amides is 1. The molecule has 3 aliphatic rings. The van der Waals surface area contributed by atoms with Crippen LogP contribution in [-0.2, 0) is 47.6 Å². The summed E-state index contributed by atoms with van der Waals surface area (Å²) >= 11 is 0. The van der Waals surface area contributed by atoms with Crippen molar-refractivity contribution in [3.05, 3.63) is 58.6 Å². The van der Waals surface area contributed by atoms with Crippen LogP contribution < -0.4 is 11.1 Å². The highest BCUT2D eigenvalue weighted by molar-refractivity contribution is 7.87. The van der Waals surface area contributed by atoms with Crippen molar-refractivity contribution < 1.29 is 63.9 Å². The lowest BCUT2D eigenvalue weighted by Crippen LogP contribution is -2.38. The zero-order valence-corrected chi connectivity index (χ0v) is 26.6. The van der Waals surface area contributed by atoms with Crippen LogP contribution in [0.25, 0.3) is 0 Å². The van der Waals surface area contributed by atoms with Gasteiger partial charge >= 0.3 is 21.7 Å². The molecule has 6 atom stereocenters. The molecule has 1 fully saturated rings. The first kappa shape index (κ1) is 36.7. The van der Waals surface area contributed by atoms with Crippen molar-refractivity contribution in [2.45, 2.75) is 76.1 Å². The fourth-order valence-corrected chi connectivity index (χ4v) is 5.88. The third-order valence-corrected chi connectivity index (χ3v) is 8.55. The standard InChI is InChI=1S/C29H35F3N2O11S/c1-14-8-7-9-20(41-5)23(43-27(33)38)15(2)10-16(3)24-21(42-6)13-28(4,44-24)12-17-22(36)18(34-26(14)37)11-19(35)25(17)45-46(39,40)29(30,31)32/h7-11,16,20-21,23-24H,12-13H2,1-6H3,(H2,33,38)(H,34,37)/b9-7-,14-8+,15-10+/t16-,20-,21-,23-,24+,28-/m0/s1. The quantitative estimate of drug-likeness (QED) is 0.189. The van der Waals surface area contributed by atoms with Gasteiger partial charge in [0.05, 0.1) is 29.1 Å². The summed E-state index contributed by atoms with van der Waals surface area (Å²) in [5.41, 5.74) is -2.90. The number of carbonyl (C=O) groups is 4. The molecule has 0 saturated carbocycles. The fraction of sp³-hybridized carbons (Fsp3) is 0.517. The molecule has 1 aliphatic carbocycles. The third-order valence-electron chi connectivity index (χ3n) is 7.60. The Kier molecular flexibility index (Phi) is 11.1. The summed E-state index contributed by atoms with van der Waals surface area (Å²) in [6.07, 6.45) is 1.47. The summed E-state index contributed by atoms with van der Waals surface area (Å²) in [4.78, 5) is 51.3. The minimum Gasteiger partial charge on any atom is -0.439 e. The number of ketones is 2. The Balaban J connectivity index is 2.21. The lowest BCUT2D eigenvalue weighted by atomic mass is 9.86. The van der Waals surface area contributed by atoms with Crippen LogP contribution in [0.2, 0.25) is 0 Å². The van der Waals surface area contributed by atoms with Gasteiger partial charge in [-0.25, -0.2) is 4.79 Å². The maximum atomic E-state index is 13.6. The van der Waals surface area contributed by atoms with E-state index in [0.717, 1.165) is 0 Å². The Morgan fingerprint density at radius 3 is 2.37 bits per heavy atom. The maximum Gasteiger partial charge on any atom is 0.534 e. The maximum absolute atomic E-state index is 13.6. The van der Waals surface area contributed by atoms with Crippen LogP contribution in [0.15, 0.2) is 58.6 Å². The predicted octanol–water partition coefficient (Wildman–Crippen LogP) is 2.79. The smallest absolute Gasteiger partial charge is 0.439 e. The molecule has 0 aromatic rings. The van der Waals surface area contributed by atoms with Crippen LogP contribution in [0.4, 0.5) is 18.0 Å². The second-order valence-electron chi connectivity index (χ2n) is 11.2. The molecular weight excluding hydrogens is 641 g/mol. The van der Waals surface area contributed by atoms with Gasteiger partial charge in [0.1, 0.15) is 6.10 Å². The number of methoxy groups -OCH3 is 2. The summed E-state index contributed by atoms with van der Waals surface area (Å²) in [6.45, 7) is 6.27. The Labute approximate surface area is 263 Å². The van der Waals surface area contributed by atoms with Crippen molar-refractivity contribution in [2.24, 2.45) is 11.7 Å². The number of amides is 2. The molecule has 0 radical (unpaired) electrons. The van der Waals surface area contributed by atoms with Gasteiger partial charge in [0, 0.05) is 44.6 Å². The largest absolute Gasteiger partial charge is 0.534 e. The fourth-order valence-electron chi connectivity index (χ4n) is 5.38. The molecule has 4 bridgehead atoms. The van der Waals surface area contributed by atoms with Gasteiger partial charge in [0.2, 0.25) is 11.6 Å². The third kappa shape index (κ3) is 8.12. The van der Waals surface area contributed by atoms with Crippen molar-refractivity contribution in [3.63, 3.8) is 0 Å². The number of halogens is 3. The van der Waals surface area contributed by atoms with E-state index in [1.165, 1.54) is 46.3 Å². The number of hydrogen-bond donors (Lipinski definition) is 2. The van der Waals surface area contributed by atoms with Crippen molar-refractivity contribution in [3.8, 4) is 0 Å². The molecule has 17 heteroatoms. The molecule has 0 aromatic carbocycles. The normalized spacial score (nSPS) is 33.0. The summed E-state index contributed by atoms with van der Waals surface area (Å²) in [7, 11) is -3.61. The molecule has 0 aromatic heterocycles. The number of alkyl halides is 3. The van der Waals surface area contributed by atoms with Gasteiger partial charge in [-0.1, -0.05) is 31.2 Å². The molecule has 3 N–H and O–H groups in total. The first-order valence-corrected chi connectivity index (χ1v) is 15.2. The van der Waals surface area contributed by atoms with Crippen molar-refractivity contribution in [1.29, 1.82) is 0 Å². The molecule has 13 nitrogen and oxygen atoms in total.